The highest BCUT2D eigenvalue weighted by Crippen LogP contribution is 2.20. The van der Waals surface area contributed by atoms with E-state index >= 15 is 0 Å². The van der Waals surface area contributed by atoms with Crippen molar-refractivity contribution in [2.75, 3.05) is 48.4 Å². The second kappa shape index (κ2) is 10.0. The quantitative estimate of drug-likeness (QED) is 0.505. The van der Waals surface area contributed by atoms with Crippen molar-refractivity contribution >= 4 is 39.7 Å². The van der Waals surface area contributed by atoms with Crippen LogP contribution in [0.4, 0.5) is 16.5 Å². The number of ether oxygens (including phenoxy) is 2. The molecular weight excluding hydrogens is 392 g/mol. The topological polar surface area (TPSA) is 92.8 Å². The zero-order valence-electron chi connectivity index (χ0n) is 16.2. The lowest BCUT2D eigenvalue weighted by Crippen LogP contribution is -2.36. The number of carbonyl (C=O) groups is 2. The van der Waals surface area contributed by atoms with Gasteiger partial charge in [-0.2, -0.15) is 0 Å². The highest BCUT2D eigenvalue weighted by atomic mass is 32.1. The Morgan fingerprint density at radius 3 is 2.76 bits per heavy atom. The lowest BCUT2D eigenvalue weighted by molar-refractivity contribution is -0.123. The fourth-order valence-corrected chi connectivity index (χ4v) is 3.39. The van der Waals surface area contributed by atoms with E-state index in [2.05, 4.69) is 27.1 Å². The van der Waals surface area contributed by atoms with Crippen LogP contribution in [0.1, 0.15) is 17.4 Å². The van der Waals surface area contributed by atoms with Gasteiger partial charge in [0, 0.05) is 36.4 Å². The van der Waals surface area contributed by atoms with Gasteiger partial charge in [0.25, 0.3) is 5.91 Å². The van der Waals surface area contributed by atoms with Crippen LogP contribution in [-0.2, 0) is 14.3 Å². The smallest absolute Gasteiger partial charge is 0.358 e. The number of morpholine rings is 1. The number of anilines is 3. The molecule has 0 spiro atoms. The van der Waals surface area contributed by atoms with Gasteiger partial charge in [-0.25, -0.2) is 9.78 Å². The molecule has 9 heteroatoms. The molecule has 0 saturated carbocycles. The van der Waals surface area contributed by atoms with Crippen molar-refractivity contribution in [1.29, 1.82) is 0 Å². The Morgan fingerprint density at radius 1 is 1.34 bits per heavy atom. The number of nitrogens with zero attached hydrogens (tertiary/aromatic N) is 2. The summed E-state index contributed by atoms with van der Waals surface area (Å²) in [6.07, 6.45) is 0.743. The highest BCUT2D eigenvalue weighted by molar-refractivity contribution is 7.13. The van der Waals surface area contributed by atoms with E-state index < -0.39 is 18.0 Å². The minimum absolute atomic E-state index is 0.163. The van der Waals surface area contributed by atoms with Crippen LogP contribution in [-0.4, -0.2) is 55.8 Å². The van der Waals surface area contributed by atoms with Crippen LogP contribution in [0.2, 0.25) is 0 Å². The summed E-state index contributed by atoms with van der Waals surface area (Å²) in [5.74, 6) is -1.05. The zero-order chi connectivity index (χ0) is 20.6. The summed E-state index contributed by atoms with van der Waals surface area (Å²) in [7, 11) is 0. The van der Waals surface area contributed by atoms with E-state index in [9.17, 15) is 9.59 Å². The Morgan fingerprint density at radius 2 is 2.07 bits per heavy atom. The lowest BCUT2D eigenvalue weighted by atomic mass is 10.2. The number of carbonyl (C=O) groups excluding carboxylic acids is 2. The summed E-state index contributed by atoms with van der Waals surface area (Å²) in [6.45, 7) is 8.81. The van der Waals surface area contributed by atoms with Gasteiger partial charge in [-0.05, 0) is 31.2 Å². The van der Waals surface area contributed by atoms with Crippen molar-refractivity contribution < 1.29 is 19.1 Å². The largest absolute Gasteiger partial charge is 0.448 e. The van der Waals surface area contributed by atoms with Crippen molar-refractivity contribution in [3.8, 4) is 0 Å². The van der Waals surface area contributed by atoms with Crippen molar-refractivity contribution in [2.45, 2.75) is 13.0 Å². The molecule has 0 radical (unpaired) electrons. The van der Waals surface area contributed by atoms with Gasteiger partial charge in [0.15, 0.2) is 16.9 Å². The highest BCUT2D eigenvalue weighted by Gasteiger charge is 2.21. The first-order valence-electron chi connectivity index (χ1n) is 9.31. The van der Waals surface area contributed by atoms with E-state index in [1.807, 2.05) is 24.3 Å². The Kier molecular flexibility index (Phi) is 7.20. The number of amides is 1. The number of aromatic nitrogens is 1. The first-order chi connectivity index (χ1) is 14.1. The third kappa shape index (κ3) is 5.78. The molecule has 1 aromatic heterocycles. The molecule has 0 bridgehead atoms. The fraction of sp³-hybridized carbons (Fsp3) is 0.350. The Hall–Kier alpha value is -2.91. The van der Waals surface area contributed by atoms with Gasteiger partial charge in [-0.1, -0.05) is 6.08 Å². The number of hydrogen-bond donors (Lipinski definition) is 2. The Bertz CT molecular complexity index is 846. The molecule has 2 aromatic rings. The predicted molar refractivity (Wildman–Crippen MR) is 114 cm³/mol. The van der Waals surface area contributed by atoms with Crippen LogP contribution in [0.15, 0.2) is 42.3 Å². The molecular formula is C20H24N4O4S. The van der Waals surface area contributed by atoms with Crippen molar-refractivity contribution in [3.63, 3.8) is 0 Å². The standard InChI is InChI=1S/C20H24N4O4S/c1-3-8-21-20-23-17(13-29-20)19(26)28-14(2)18(25)22-15-4-6-16(7-5-15)24-9-11-27-12-10-24/h3-7,13-14H,1,8-12H2,2H3,(H,21,23)(H,22,25)/t14-/m1/s1. The van der Waals surface area contributed by atoms with Crippen LogP contribution in [0.5, 0.6) is 0 Å². The summed E-state index contributed by atoms with van der Waals surface area (Å²) >= 11 is 1.29. The minimum Gasteiger partial charge on any atom is -0.448 e. The maximum absolute atomic E-state index is 12.4. The van der Waals surface area contributed by atoms with Gasteiger partial charge < -0.3 is 25.0 Å². The van der Waals surface area contributed by atoms with Gasteiger partial charge in [0.05, 0.1) is 13.2 Å². The van der Waals surface area contributed by atoms with Crippen molar-refractivity contribution in [2.24, 2.45) is 0 Å². The van der Waals surface area contributed by atoms with Gasteiger partial charge in [-0.15, -0.1) is 17.9 Å². The van der Waals surface area contributed by atoms with E-state index in [1.165, 1.54) is 18.3 Å². The number of hydrogen-bond acceptors (Lipinski definition) is 8. The second-order valence-electron chi connectivity index (χ2n) is 6.39. The molecule has 1 saturated heterocycles. The molecule has 8 nitrogen and oxygen atoms in total. The fourth-order valence-electron chi connectivity index (χ4n) is 2.70. The third-order valence-corrected chi connectivity index (χ3v) is 5.08. The van der Waals surface area contributed by atoms with E-state index in [0.29, 0.717) is 30.6 Å². The summed E-state index contributed by atoms with van der Waals surface area (Å²) in [4.78, 5) is 30.9. The molecule has 2 heterocycles. The van der Waals surface area contributed by atoms with Gasteiger partial charge in [0.2, 0.25) is 0 Å². The normalized spacial score (nSPS) is 14.7. The molecule has 154 valence electrons. The van der Waals surface area contributed by atoms with Crippen LogP contribution >= 0.6 is 11.3 Å². The van der Waals surface area contributed by atoms with Crippen molar-refractivity contribution in [3.05, 3.63) is 48.0 Å². The molecule has 1 aliphatic rings. The molecule has 1 fully saturated rings. The number of nitrogens with one attached hydrogen (secondary N) is 2. The maximum Gasteiger partial charge on any atom is 0.358 e. The minimum atomic E-state index is -0.951. The number of benzene rings is 1. The third-order valence-electron chi connectivity index (χ3n) is 4.28. The second-order valence-corrected chi connectivity index (χ2v) is 7.25. The molecule has 1 aromatic carbocycles. The number of esters is 1. The number of thiazole rings is 1. The lowest BCUT2D eigenvalue weighted by Gasteiger charge is -2.28. The zero-order valence-corrected chi connectivity index (χ0v) is 17.0. The van der Waals surface area contributed by atoms with Crippen LogP contribution in [0.25, 0.3) is 0 Å². The first kappa shape index (κ1) is 20.8. The Labute approximate surface area is 173 Å². The molecule has 1 amide bonds. The van der Waals surface area contributed by atoms with E-state index in [1.54, 1.807) is 11.5 Å². The van der Waals surface area contributed by atoms with E-state index in [4.69, 9.17) is 9.47 Å². The average Bonchev–Trinajstić information content (AvgIpc) is 3.22. The van der Waals surface area contributed by atoms with E-state index in [-0.39, 0.29) is 5.69 Å². The summed E-state index contributed by atoms with van der Waals surface area (Å²) in [5.41, 5.74) is 1.88. The molecule has 2 N–H and O–H groups in total. The average molecular weight is 417 g/mol. The van der Waals surface area contributed by atoms with Gasteiger partial charge in [-0.3, -0.25) is 4.79 Å². The van der Waals surface area contributed by atoms with Crippen LogP contribution in [0.3, 0.4) is 0 Å². The summed E-state index contributed by atoms with van der Waals surface area (Å²) in [6, 6.07) is 7.56. The molecule has 29 heavy (non-hydrogen) atoms. The number of rotatable bonds is 8. The SMILES string of the molecule is C=CCNc1nc(C(=O)O[C@H](C)C(=O)Nc2ccc(N3CCOCC3)cc2)cs1. The van der Waals surface area contributed by atoms with E-state index in [0.717, 1.165) is 18.8 Å². The molecule has 1 atom stereocenters. The Balaban J connectivity index is 1.51. The van der Waals surface area contributed by atoms with Crippen LogP contribution in [0, 0.1) is 0 Å². The predicted octanol–water partition coefficient (Wildman–Crippen LogP) is 2.76. The first-order valence-corrected chi connectivity index (χ1v) is 10.2. The van der Waals surface area contributed by atoms with Crippen LogP contribution < -0.4 is 15.5 Å². The monoisotopic (exact) mass is 416 g/mol. The molecule has 1 aliphatic heterocycles. The molecule has 0 unspecified atom stereocenters. The summed E-state index contributed by atoms with van der Waals surface area (Å²) < 4.78 is 10.6. The molecule has 0 aliphatic carbocycles. The summed E-state index contributed by atoms with van der Waals surface area (Å²) in [5, 5.41) is 7.94. The van der Waals surface area contributed by atoms with Gasteiger partial charge >= 0.3 is 5.97 Å². The van der Waals surface area contributed by atoms with Crippen molar-refractivity contribution in [1.82, 2.24) is 4.98 Å². The maximum atomic E-state index is 12.4. The molecule has 3 rings (SSSR count). The van der Waals surface area contributed by atoms with Gasteiger partial charge in [0.1, 0.15) is 0 Å².